The second kappa shape index (κ2) is 16.6. The van der Waals surface area contributed by atoms with Crippen LogP contribution in [0.4, 0.5) is 0 Å². The molecule has 0 radical (unpaired) electrons. The van der Waals surface area contributed by atoms with Crippen molar-refractivity contribution in [3.63, 3.8) is 0 Å². The highest BCUT2D eigenvalue weighted by Gasteiger charge is 2.15. The summed E-state index contributed by atoms with van der Waals surface area (Å²) in [5.74, 6) is -0.329. The standard InChI is InChI=1S/C32H39ClN2O3/c1-2-3-4-5-6-7-8-9-10-11-12-21-31(36)35-34-24-28-26-18-14-13-17-25(26)22-23-30(28)38-32(37)27-19-15-16-20-29(27)33/h13-20,22-24H,2-12,21H2,1H3,(H,35,36). The van der Waals surface area contributed by atoms with Crippen molar-refractivity contribution >= 4 is 40.5 Å². The van der Waals surface area contributed by atoms with Crippen LogP contribution in [-0.4, -0.2) is 18.1 Å². The van der Waals surface area contributed by atoms with E-state index in [1.807, 2.05) is 30.3 Å². The van der Waals surface area contributed by atoms with Gasteiger partial charge in [-0.05, 0) is 35.4 Å². The number of hydrogen-bond acceptors (Lipinski definition) is 4. The predicted octanol–water partition coefficient (Wildman–Crippen LogP) is 8.86. The number of benzene rings is 3. The summed E-state index contributed by atoms with van der Waals surface area (Å²) in [4.78, 5) is 25.1. The summed E-state index contributed by atoms with van der Waals surface area (Å²) in [5.41, 5.74) is 3.51. The van der Waals surface area contributed by atoms with Gasteiger partial charge in [-0.1, -0.05) is 125 Å². The first kappa shape index (κ1) is 29.4. The summed E-state index contributed by atoms with van der Waals surface area (Å²) >= 11 is 6.17. The topological polar surface area (TPSA) is 67.8 Å². The number of unbranched alkanes of at least 4 members (excludes halogenated alkanes) is 10. The van der Waals surface area contributed by atoms with Crippen molar-refractivity contribution in [1.29, 1.82) is 0 Å². The molecule has 5 nitrogen and oxygen atoms in total. The lowest BCUT2D eigenvalue weighted by Crippen LogP contribution is -2.17. The van der Waals surface area contributed by atoms with Crippen molar-refractivity contribution in [2.75, 3.05) is 0 Å². The second-order valence-electron chi connectivity index (χ2n) is 9.65. The molecule has 0 heterocycles. The van der Waals surface area contributed by atoms with E-state index in [1.54, 1.807) is 30.3 Å². The zero-order chi connectivity index (χ0) is 27.0. The number of hydrogen-bond donors (Lipinski definition) is 1. The van der Waals surface area contributed by atoms with Gasteiger partial charge < -0.3 is 4.74 Å². The van der Waals surface area contributed by atoms with Gasteiger partial charge in [0.15, 0.2) is 0 Å². The maximum absolute atomic E-state index is 12.8. The third-order valence-corrected chi connectivity index (χ3v) is 6.95. The molecule has 202 valence electrons. The second-order valence-corrected chi connectivity index (χ2v) is 10.1. The monoisotopic (exact) mass is 534 g/mol. The fourth-order valence-electron chi connectivity index (χ4n) is 4.45. The largest absolute Gasteiger partial charge is 0.422 e. The van der Waals surface area contributed by atoms with Gasteiger partial charge in [-0.15, -0.1) is 0 Å². The van der Waals surface area contributed by atoms with Crippen LogP contribution in [0, 0.1) is 0 Å². The first-order valence-electron chi connectivity index (χ1n) is 13.9. The van der Waals surface area contributed by atoms with E-state index < -0.39 is 5.97 Å². The molecule has 1 amide bonds. The third kappa shape index (κ3) is 9.60. The van der Waals surface area contributed by atoms with E-state index in [9.17, 15) is 9.59 Å². The molecular formula is C32H39ClN2O3. The van der Waals surface area contributed by atoms with E-state index in [1.165, 1.54) is 64.0 Å². The van der Waals surface area contributed by atoms with Crippen molar-refractivity contribution in [2.45, 2.75) is 84.0 Å². The molecule has 3 aromatic carbocycles. The van der Waals surface area contributed by atoms with Crippen molar-refractivity contribution in [2.24, 2.45) is 5.10 Å². The molecule has 0 aliphatic heterocycles. The van der Waals surface area contributed by atoms with Crippen LogP contribution in [0.5, 0.6) is 5.75 Å². The van der Waals surface area contributed by atoms with Crippen LogP contribution >= 0.6 is 11.6 Å². The Labute approximate surface area is 231 Å². The Balaban J connectivity index is 1.49. The van der Waals surface area contributed by atoms with Gasteiger partial charge >= 0.3 is 5.97 Å². The quantitative estimate of drug-likeness (QED) is 0.0655. The van der Waals surface area contributed by atoms with Crippen LogP contribution in [-0.2, 0) is 4.79 Å². The SMILES string of the molecule is CCCCCCCCCCCCCC(=O)NN=Cc1c(OC(=O)c2ccccc2Cl)ccc2ccccc12. The summed E-state index contributed by atoms with van der Waals surface area (Å²) in [6, 6.07) is 18.1. The number of hydrazone groups is 1. The maximum Gasteiger partial charge on any atom is 0.345 e. The molecule has 0 fully saturated rings. The highest BCUT2D eigenvalue weighted by molar-refractivity contribution is 6.33. The Morgan fingerprint density at radius 3 is 2.16 bits per heavy atom. The number of rotatable bonds is 16. The average molecular weight is 535 g/mol. The molecule has 0 atom stereocenters. The minimum absolute atomic E-state index is 0.118. The molecule has 0 aromatic heterocycles. The van der Waals surface area contributed by atoms with Crippen LogP contribution in [0.25, 0.3) is 10.8 Å². The Hall–Kier alpha value is -3.18. The first-order chi connectivity index (χ1) is 18.6. The number of ether oxygens (including phenoxy) is 1. The number of nitrogens with one attached hydrogen (secondary N) is 1. The molecule has 0 aliphatic rings. The zero-order valence-electron chi connectivity index (χ0n) is 22.4. The number of amides is 1. The summed E-state index contributed by atoms with van der Waals surface area (Å²) in [6.45, 7) is 2.25. The molecule has 0 aliphatic carbocycles. The number of esters is 1. The van der Waals surface area contributed by atoms with Gasteiger partial charge in [0.05, 0.1) is 16.8 Å². The molecular weight excluding hydrogens is 496 g/mol. The Morgan fingerprint density at radius 2 is 1.45 bits per heavy atom. The number of fused-ring (bicyclic) bond motifs is 1. The highest BCUT2D eigenvalue weighted by atomic mass is 35.5. The molecule has 1 N–H and O–H groups in total. The third-order valence-electron chi connectivity index (χ3n) is 6.62. The molecule has 0 spiro atoms. The molecule has 3 aromatic rings. The Morgan fingerprint density at radius 1 is 0.816 bits per heavy atom. The fourth-order valence-corrected chi connectivity index (χ4v) is 4.67. The number of nitrogens with zero attached hydrogens (tertiary/aromatic N) is 1. The minimum Gasteiger partial charge on any atom is -0.422 e. The van der Waals surface area contributed by atoms with Crippen LogP contribution in [0.15, 0.2) is 65.8 Å². The highest BCUT2D eigenvalue weighted by Crippen LogP contribution is 2.28. The molecule has 0 saturated heterocycles. The predicted molar refractivity (Wildman–Crippen MR) is 157 cm³/mol. The van der Waals surface area contributed by atoms with E-state index in [0.29, 0.717) is 22.8 Å². The van der Waals surface area contributed by atoms with Crippen molar-refractivity contribution in [1.82, 2.24) is 5.43 Å². The Kier molecular flexibility index (Phi) is 12.8. The lowest BCUT2D eigenvalue weighted by molar-refractivity contribution is -0.121. The minimum atomic E-state index is -0.555. The van der Waals surface area contributed by atoms with Gasteiger partial charge in [-0.25, -0.2) is 10.2 Å². The summed E-state index contributed by atoms with van der Waals surface area (Å²) in [5, 5.41) is 6.33. The normalized spacial score (nSPS) is 11.2. The zero-order valence-corrected chi connectivity index (χ0v) is 23.1. The Bertz CT molecular complexity index is 1210. The van der Waals surface area contributed by atoms with Crippen LogP contribution in [0.2, 0.25) is 5.02 Å². The molecule has 0 saturated carbocycles. The van der Waals surface area contributed by atoms with Gasteiger partial charge in [0.2, 0.25) is 5.91 Å². The molecule has 0 bridgehead atoms. The van der Waals surface area contributed by atoms with E-state index in [2.05, 4.69) is 17.5 Å². The smallest absolute Gasteiger partial charge is 0.345 e. The molecule has 38 heavy (non-hydrogen) atoms. The van der Waals surface area contributed by atoms with E-state index in [4.69, 9.17) is 16.3 Å². The number of halogens is 1. The summed E-state index contributed by atoms with van der Waals surface area (Å²) in [6.07, 6.45) is 15.6. The summed E-state index contributed by atoms with van der Waals surface area (Å²) in [7, 11) is 0. The molecule has 0 unspecified atom stereocenters. The van der Waals surface area contributed by atoms with Crippen LogP contribution in [0.1, 0.15) is 99.9 Å². The van der Waals surface area contributed by atoms with E-state index in [0.717, 1.165) is 23.6 Å². The van der Waals surface area contributed by atoms with Gasteiger partial charge in [-0.2, -0.15) is 5.10 Å². The number of carbonyl (C=O) groups is 2. The van der Waals surface area contributed by atoms with Crippen molar-refractivity contribution in [3.05, 3.63) is 76.8 Å². The van der Waals surface area contributed by atoms with E-state index in [-0.39, 0.29) is 11.5 Å². The van der Waals surface area contributed by atoms with Crippen molar-refractivity contribution < 1.29 is 14.3 Å². The maximum atomic E-state index is 12.8. The average Bonchev–Trinajstić information content (AvgIpc) is 2.93. The molecule has 3 rings (SSSR count). The fraction of sp³-hybridized carbons (Fsp3) is 0.406. The van der Waals surface area contributed by atoms with Crippen molar-refractivity contribution in [3.8, 4) is 5.75 Å². The lowest BCUT2D eigenvalue weighted by Gasteiger charge is -2.11. The molecule has 6 heteroatoms. The van der Waals surface area contributed by atoms with Crippen LogP contribution < -0.4 is 10.2 Å². The van der Waals surface area contributed by atoms with Gasteiger partial charge in [-0.3, -0.25) is 4.79 Å². The van der Waals surface area contributed by atoms with Crippen LogP contribution in [0.3, 0.4) is 0 Å². The van der Waals surface area contributed by atoms with Gasteiger partial charge in [0.25, 0.3) is 0 Å². The number of carbonyl (C=O) groups excluding carboxylic acids is 2. The summed E-state index contributed by atoms with van der Waals surface area (Å²) < 4.78 is 5.69. The van der Waals surface area contributed by atoms with Gasteiger partial charge in [0, 0.05) is 12.0 Å². The lowest BCUT2D eigenvalue weighted by atomic mass is 10.0. The first-order valence-corrected chi connectivity index (χ1v) is 14.3. The van der Waals surface area contributed by atoms with E-state index >= 15 is 0 Å². The van der Waals surface area contributed by atoms with Gasteiger partial charge in [0.1, 0.15) is 5.75 Å².